The van der Waals surface area contributed by atoms with Crippen molar-refractivity contribution in [3.05, 3.63) is 29.8 Å². The molecule has 1 heterocycles. The number of hydrogen-bond acceptors (Lipinski definition) is 3. The van der Waals surface area contributed by atoms with Gasteiger partial charge in [-0.05, 0) is 30.9 Å². The number of aliphatic hydroxyl groups excluding tert-OH is 1. The molecular formula is C15H20O4. The van der Waals surface area contributed by atoms with Gasteiger partial charge in [0.2, 0.25) is 0 Å². The minimum atomic E-state index is -0.816. The van der Waals surface area contributed by atoms with E-state index >= 15 is 0 Å². The molecule has 1 atom stereocenters. The summed E-state index contributed by atoms with van der Waals surface area (Å²) in [6, 6.07) is 7.62. The fourth-order valence-corrected chi connectivity index (χ4v) is 2.58. The molecule has 2 rings (SSSR count). The third-order valence-corrected chi connectivity index (χ3v) is 3.77. The quantitative estimate of drug-likeness (QED) is 0.773. The third kappa shape index (κ3) is 3.07. The monoisotopic (exact) mass is 264 g/mol. The van der Waals surface area contributed by atoms with E-state index in [9.17, 15) is 9.90 Å². The van der Waals surface area contributed by atoms with Gasteiger partial charge in [-0.1, -0.05) is 31.0 Å². The molecule has 0 spiro atoms. The van der Waals surface area contributed by atoms with E-state index in [1.807, 2.05) is 24.3 Å². The average Bonchev–Trinajstić information content (AvgIpc) is 2.43. The molecular weight excluding hydrogens is 244 g/mol. The second-order valence-corrected chi connectivity index (χ2v) is 5.19. The highest BCUT2D eigenvalue weighted by atomic mass is 16.5. The van der Waals surface area contributed by atoms with Crippen LogP contribution in [0.4, 0.5) is 0 Å². The average molecular weight is 264 g/mol. The van der Waals surface area contributed by atoms with Crippen LogP contribution in [0.2, 0.25) is 0 Å². The lowest BCUT2D eigenvalue weighted by molar-refractivity contribution is -0.152. The highest BCUT2D eigenvalue weighted by molar-refractivity contribution is 5.76. The maximum absolute atomic E-state index is 11.6. The van der Waals surface area contributed by atoms with E-state index in [0.717, 1.165) is 30.6 Å². The van der Waals surface area contributed by atoms with Gasteiger partial charge in [0.15, 0.2) is 0 Å². The zero-order valence-corrected chi connectivity index (χ0v) is 11.0. The standard InChI is InChI=1S/C15H20O4/c16-9-5-1-4-8-15(14(17)18)10-12-6-2-3-7-13(12)19-11-15/h2-3,6-7,16H,1,4-5,8-11H2,(H,17,18). The molecule has 0 aliphatic carbocycles. The van der Waals surface area contributed by atoms with Crippen LogP contribution in [0.5, 0.6) is 5.75 Å². The molecule has 0 saturated heterocycles. The molecule has 1 unspecified atom stereocenters. The zero-order valence-electron chi connectivity index (χ0n) is 11.0. The van der Waals surface area contributed by atoms with Crippen LogP contribution in [0.3, 0.4) is 0 Å². The molecule has 0 bridgehead atoms. The largest absolute Gasteiger partial charge is 0.492 e. The number of carbonyl (C=O) groups is 1. The number of carboxylic acids is 1. The van der Waals surface area contributed by atoms with Gasteiger partial charge in [0.05, 0.1) is 0 Å². The Balaban J connectivity index is 2.08. The summed E-state index contributed by atoms with van der Waals surface area (Å²) in [5.74, 6) is 0.0146. The van der Waals surface area contributed by atoms with Crippen LogP contribution >= 0.6 is 0 Å². The summed E-state index contributed by atoms with van der Waals surface area (Å²) in [6.07, 6.45) is 3.51. The summed E-state index contributed by atoms with van der Waals surface area (Å²) >= 11 is 0. The Morgan fingerprint density at radius 3 is 2.79 bits per heavy atom. The van der Waals surface area contributed by atoms with Crippen molar-refractivity contribution in [3.63, 3.8) is 0 Å². The van der Waals surface area contributed by atoms with Crippen LogP contribution in [0.1, 0.15) is 31.2 Å². The normalized spacial score (nSPS) is 21.5. The first-order valence-electron chi connectivity index (χ1n) is 6.73. The molecule has 1 aromatic rings. The molecule has 0 aromatic heterocycles. The van der Waals surface area contributed by atoms with Crippen molar-refractivity contribution in [3.8, 4) is 5.75 Å². The number of ether oxygens (including phenoxy) is 1. The van der Waals surface area contributed by atoms with Crippen molar-refractivity contribution < 1.29 is 19.7 Å². The van der Waals surface area contributed by atoms with Crippen molar-refractivity contribution in [2.75, 3.05) is 13.2 Å². The van der Waals surface area contributed by atoms with E-state index in [1.165, 1.54) is 0 Å². The zero-order chi connectivity index (χ0) is 13.7. The van der Waals surface area contributed by atoms with Gasteiger partial charge in [-0.3, -0.25) is 4.79 Å². The Morgan fingerprint density at radius 1 is 1.26 bits per heavy atom. The van der Waals surface area contributed by atoms with E-state index in [2.05, 4.69) is 0 Å². The van der Waals surface area contributed by atoms with Crippen LogP contribution in [-0.4, -0.2) is 29.4 Å². The Bertz CT molecular complexity index is 444. The fraction of sp³-hybridized carbons (Fsp3) is 0.533. The SMILES string of the molecule is O=C(O)C1(CCCCCO)COc2ccccc2C1. The van der Waals surface area contributed by atoms with Gasteiger partial charge in [-0.25, -0.2) is 0 Å². The maximum atomic E-state index is 11.6. The number of aliphatic hydroxyl groups is 1. The molecule has 104 valence electrons. The Labute approximate surface area is 113 Å². The minimum Gasteiger partial charge on any atom is -0.492 e. The molecule has 2 N–H and O–H groups in total. The van der Waals surface area contributed by atoms with Crippen molar-refractivity contribution in [2.24, 2.45) is 5.41 Å². The van der Waals surface area contributed by atoms with Crippen molar-refractivity contribution >= 4 is 5.97 Å². The molecule has 1 aromatic carbocycles. The summed E-state index contributed by atoms with van der Waals surface area (Å²) < 4.78 is 5.63. The summed E-state index contributed by atoms with van der Waals surface area (Å²) in [5, 5.41) is 18.3. The van der Waals surface area contributed by atoms with Crippen LogP contribution in [0.25, 0.3) is 0 Å². The molecule has 0 saturated carbocycles. The summed E-state index contributed by atoms with van der Waals surface area (Å²) in [4.78, 5) is 11.6. The van der Waals surface area contributed by atoms with E-state index in [1.54, 1.807) is 0 Å². The first-order valence-corrected chi connectivity index (χ1v) is 6.73. The third-order valence-electron chi connectivity index (χ3n) is 3.77. The second-order valence-electron chi connectivity index (χ2n) is 5.19. The van der Waals surface area contributed by atoms with Crippen molar-refractivity contribution in [1.82, 2.24) is 0 Å². The molecule has 19 heavy (non-hydrogen) atoms. The molecule has 0 amide bonds. The topological polar surface area (TPSA) is 66.8 Å². The van der Waals surface area contributed by atoms with Gasteiger partial charge in [0.25, 0.3) is 0 Å². The summed E-state index contributed by atoms with van der Waals surface area (Å²) in [5.41, 5.74) is 0.155. The number of rotatable bonds is 6. The number of fused-ring (bicyclic) bond motifs is 1. The number of carboxylic acid groups (broad SMARTS) is 1. The number of unbranched alkanes of at least 4 members (excludes halogenated alkanes) is 2. The first-order chi connectivity index (χ1) is 9.18. The Morgan fingerprint density at radius 2 is 2.05 bits per heavy atom. The van der Waals surface area contributed by atoms with Crippen LogP contribution in [0.15, 0.2) is 24.3 Å². The van der Waals surface area contributed by atoms with Crippen molar-refractivity contribution in [1.29, 1.82) is 0 Å². The first kappa shape index (κ1) is 13.9. The number of para-hydroxylation sites is 1. The van der Waals surface area contributed by atoms with E-state index < -0.39 is 11.4 Å². The fourth-order valence-electron chi connectivity index (χ4n) is 2.58. The lowest BCUT2D eigenvalue weighted by Crippen LogP contribution is -2.42. The van der Waals surface area contributed by atoms with E-state index in [4.69, 9.17) is 9.84 Å². The molecule has 4 heteroatoms. The van der Waals surface area contributed by atoms with Gasteiger partial charge < -0.3 is 14.9 Å². The molecule has 0 radical (unpaired) electrons. The summed E-state index contributed by atoms with van der Waals surface area (Å²) in [6.45, 7) is 0.401. The van der Waals surface area contributed by atoms with Gasteiger partial charge in [0.1, 0.15) is 17.8 Å². The maximum Gasteiger partial charge on any atom is 0.313 e. The lowest BCUT2D eigenvalue weighted by Gasteiger charge is -2.34. The van der Waals surface area contributed by atoms with E-state index in [-0.39, 0.29) is 13.2 Å². The number of benzene rings is 1. The van der Waals surface area contributed by atoms with Gasteiger partial charge in [-0.15, -0.1) is 0 Å². The Kier molecular flexibility index (Phi) is 4.43. The number of hydrogen-bond donors (Lipinski definition) is 2. The molecule has 4 nitrogen and oxygen atoms in total. The smallest absolute Gasteiger partial charge is 0.313 e. The lowest BCUT2D eigenvalue weighted by atomic mass is 9.76. The molecule has 1 aliphatic rings. The highest BCUT2D eigenvalue weighted by Gasteiger charge is 2.42. The van der Waals surface area contributed by atoms with Gasteiger partial charge >= 0.3 is 5.97 Å². The Hall–Kier alpha value is -1.55. The predicted molar refractivity (Wildman–Crippen MR) is 71.3 cm³/mol. The van der Waals surface area contributed by atoms with Crippen LogP contribution in [0, 0.1) is 5.41 Å². The molecule has 0 fully saturated rings. The van der Waals surface area contributed by atoms with Crippen molar-refractivity contribution in [2.45, 2.75) is 32.1 Å². The van der Waals surface area contributed by atoms with Crippen LogP contribution < -0.4 is 4.74 Å². The highest BCUT2D eigenvalue weighted by Crippen LogP contribution is 2.38. The van der Waals surface area contributed by atoms with Gasteiger partial charge in [0, 0.05) is 6.61 Å². The molecule has 1 aliphatic heterocycles. The summed E-state index contributed by atoms with van der Waals surface area (Å²) in [7, 11) is 0. The predicted octanol–water partition coefficient (Wildman–Crippen LogP) is 2.25. The van der Waals surface area contributed by atoms with Crippen LogP contribution in [-0.2, 0) is 11.2 Å². The van der Waals surface area contributed by atoms with E-state index in [0.29, 0.717) is 12.8 Å². The van der Waals surface area contributed by atoms with Gasteiger partial charge in [-0.2, -0.15) is 0 Å². The minimum absolute atomic E-state index is 0.166. The number of aliphatic carboxylic acids is 1. The second kappa shape index (κ2) is 6.06.